The summed E-state index contributed by atoms with van der Waals surface area (Å²) in [6.07, 6.45) is 0.907. The Morgan fingerprint density at radius 2 is 2.00 bits per heavy atom. The van der Waals surface area contributed by atoms with Crippen molar-refractivity contribution in [1.82, 2.24) is 0 Å². The maximum absolute atomic E-state index is 11.6. The Balaban J connectivity index is 2.62. The van der Waals surface area contributed by atoms with Crippen molar-refractivity contribution in [2.24, 2.45) is 0 Å². The average Bonchev–Trinajstić information content (AvgIpc) is 2.43. The predicted molar refractivity (Wildman–Crippen MR) is 72.5 cm³/mol. The molecule has 0 aliphatic rings. The van der Waals surface area contributed by atoms with Crippen LogP contribution >= 0.6 is 0 Å². The van der Waals surface area contributed by atoms with E-state index in [-0.39, 0.29) is 35.7 Å². The lowest BCUT2D eigenvalue weighted by molar-refractivity contribution is -0.384. The number of hydrogen-bond acceptors (Lipinski definition) is 5. The second kappa shape index (κ2) is 7.59. The number of rotatable bonds is 7. The number of carboxylic acid groups (broad SMARTS) is 1. The Morgan fingerprint density at radius 1 is 1.33 bits per heavy atom. The summed E-state index contributed by atoms with van der Waals surface area (Å²) in [5.41, 5.74) is -0.0274. The fourth-order valence-electron chi connectivity index (χ4n) is 1.62. The van der Waals surface area contributed by atoms with Crippen LogP contribution in [0.1, 0.15) is 31.2 Å². The first kappa shape index (κ1) is 16.1. The van der Waals surface area contributed by atoms with Gasteiger partial charge in [0, 0.05) is 25.0 Å². The summed E-state index contributed by atoms with van der Waals surface area (Å²) in [6, 6.07) is 5.36. The molecule has 0 radical (unpaired) electrons. The van der Waals surface area contributed by atoms with E-state index in [1.165, 1.54) is 12.1 Å². The van der Waals surface area contributed by atoms with E-state index in [1.54, 1.807) is 6.07 Å². The molecule has 1 aromatic rings. The van der Waals surface area contributed by atoms with E-state index >= 15 is 0 Å². The standard InChI is InChI=1S/C13H13N3O5/c14-8-9-7-10(16(20)21)5-6-11(9)15-12(17)3-1-2-4-13(18)19/h5-7H,1-4H2,(H,15,17)(H,18,19). The van der Waals surface area contributed by atoms with Crippen LogP contribution in [0.3, 0.4) is 0 Å². The number of nitrogens with one attached hydrogen (secondary N) is 1. The molecule has 0 spiro atoms. The normalized spacial score (nSPS) is 9.67. The summed E-state index contributed by atoms with van der Waals surface area (Å²) in [4.78, 5) is 31.9. The van der Waals surface area contributed by atoms with E-state index < -0.39 is 10.9 Å². The topological polar surface area (TPSA) is 133 Å². The third-order valence-electron chi connectivity index (χ3n) is 2.65. The minimum Gasteiger partial charge on any atom is -0.481 e. The molecule has 0 saturated heterocycles. The second-order valence-corrected chi connectivity index (χ2v) is 4.25. The van der Waals surface area contributed by atoms with Gasteiger partial charge in [-0.05, 0) is 18.9 Å². The number of nitrogens with zero attached hydrogens (tertiary/aromatic N) is 2. The molecule has 1 aromatic carbocycles. The van der Waals surface area contributed by atoms with Crippen LogP contribution in [0.2, 0.25) is 0 Å². The van der Waals surface area contributed by atoms with E-state index in [9.17, 15) is 19.7 Å². The highest BCUT2D eigenvalue weighted by Gasteiger charge is 2.12. The Morgan fingerprint density at radius 3 is 2.57 bits per heavy atom. The van der Waals surface area contributed by atoms with Crippen LogP contribution in [0.4, 0.5) is 11.4 Å². The van der Waals surface area contributed by atoms with Crippen LogP contribution in [-0.4, -0.2) is 21.9 Å². The van der Waals surface area contributed by atoms with E-state index in [0.717, 1.165) is 6.07 Å². The van der Waals surface area contributed by atoms with Crippen molar-refractivity contribution < 1.29 is 19.6 Å². The van der Waals surface area contributed by atoms with Gasteiger partial charge in [0.2, 0.25) is 5.91 Å². The Bertz CT molecular complexity index is 606. The fraction of sp³-hybridized carbons (Fsp3) is 0.308. The SMILES string of the molecule is N#Cc1cc([N+](=O)[O-])ccc1NC(=O)CCCCC(=O)O. The van der Waals surface area contributed by atoms with E-state index in [4.69, 9.17) is 10.4 Å². The molecule has 8 heteroatoms. The van der Waals surface area contributed by atoms with Crippen LogP contribution in [-0.2, 0) is 9.59 Å². The average molecular weight is 291 g/mol. The number of amides is 1. The van der Waals surface area contributed by atoms with Gasteiger partial charge in [0.25, 0.3) is 5.69 Å². The number of non-ortho nitro benzene ring substituents is 1. The number of benzene rings is 1. The number of nitro groups is 1. The molecule has 0 fully saturated rings. The lowest BCUT2D eigenvalue weighted by Crippen LogP contribution is -2.12. The number of carbonyl (C=O) groups is 2. The van der Waals surface area contributed by atoms with Gasteiger partial charge in [0.05, 0.1) is 16.2 Å². The third kappa shape index (κ3) is 5.28. The largest absolute Gasteiger partial charge is 0.481 e. The molecule has 0 bridgehead atoms. The predicted octanol–water partition coefficient (Wildman–Crippen LogP) is 2.05. The van der Waals surface area contributed by atoms with E-state index in [2.05, 4.69) is 5.32 Å². The third-order valence-corrected chi connectivity index (χ3v) is 2.65. The van der Waals surface area contributed by atoms with Gasteiger partial charge in [0.15, 0.2) is 0 Å². The zero-order valence-electron chi connectivity index (χ0n) is 11.0. The molecular formula is C13H13N3O5. The molecule has 0 heterocycles. The number of hydrogen-bond donors (Lipinski definition) is 2. The zero-order chi connectivity index (χ0) is 15.8. The highest BCUT2D eigenvalue weighted by molar-refractivity contribution is 5.92. The number of carbonyl (C=O) groups excluding carboxylic acids is 1. The lowest BCUT2D eigenvalue weighted by Gasteiger charge is -2.06. The first-order chi connectivity index (χ1) is 9.93. The fourth-order valence-corrected chi connectivity index (χ4v) is 1.62. The van der Waals surface area contributed by atoms with Crippen LogP contribution in [0.25, 0.3) is 0 Å². The molecule has 0 unspecified atom stereocenters. The van der Waals surface area contributed by atoms with Gasteiger partial charge in [-0.1, -0.05) is 0 Å². The second-order valence-electron chi connectivity index (χ2n) is 4.25. The van der Waals surface area contributed by atoms with Gasteiger partial charge >= 0.3 is 5.97 Å². The number of carboxylic acids is 1. The van der Waals surface area contributed by atoms with Crippen molar-refractivity contribution in [3.63, 3.8) is 0 Å². The first-order valence-corrected chi connectivity index (χ1v) is 6.14. The molecule has 0 aliphatic heterocycles. The van der Waals surface area contributed by atoms with E-state index in [0.29, 0.717) is 12.8 Å². The van der Waals surface area contributed by atoms with Crippen molar-refractivity contribution >= 4 is 23.3 Å². The molecule has 0 atom stereocenters. The molecule has 0 aromatic heterocycles. The number of aliphatic carboxylic acids is 1. The molecule has 110 valence electrons. The van der Waals surface area contributed by atoms with Crippen molar-refractivity contribution in [2.45, 2.75) is 25.7 Å². The number of nitro benzene ring substituents is 1. The molecular weight excluding hydrogens is 278 g/mol. The quantitative estimate of drug-likeness (QED) is 0.448. The first-order valence-electron chi connectivity index (χ1n) is 6.14. The van der Waals surface area contributed by atoms with Gasteiger partial charge in [0.1, 0.15) is 6.07 Å². The van der Waals surface area contributed by atoms with Crippen LogP contribution in [0.15, 0.2) is 18.2 Å². The summed E-state index contributed by atoms with van der Waals surface area (Å²) < 4.78 is 0. The maximum Gasteiger partial charge on any atom is 0.303 e. The number of anilines is 1. The smallest absolute Gasteiger partial charge is 0.303 e. The van der Waals surface area contributed by atoms with Crippen molar-refractivity contribution in [3.8, 4) is 6.07 Å². The van der Waals surface area contributed by atoms with Gasteiger partial charge < -0.3 is 10.4 Å². The maximum atomic E-state index is 11.6. The molecule has 2 N–H and O–H groups in total. The summed E-state index contributed by atoms with van der Waals surface area (Å²) >= 11 is 0. The minimum atomic E-state index is -0.919. The molecule has 1 rings (SSSR count). The van der Waals surface area contributed by atoms with Crippen LogP contribution < -0.4 is 5.32 Å². The Hall–Kier alpha value is -2.95. The summed E-state index contributed by atoms with van der Waals surface area (Å²) in [7, 11) is 0. The lowest BCUT2D eigenvalue weighted by atomic mass is 10.1. The van der Waals surface area contributed by atoms with Crippen molar-refractivity contribution in [3.05, 3.63) is 33.9 Å². The van der Waals surface area contributed by atoms with Crippen LogP contribution in [0, 0.1) is 21.4 Å². The minimum absolute atomic E-state index is 0.00286. The molecule has 8 nitrogen and oxygen atoms in total. The molecule has 0 aliphatic carbocycles. The van der Waals surface area contributed by atoms with Crippen molar-refractivity contribution in [1.29, 1.82) is 5.26 Å². The molecule has 1 amide bonds. The van der Waals surface area contributed by atoms with Gasteiger partial charge in [-0.2, -0.15) is 5.26 Å². The van der Waals surface area contributed by atoms with E-state index in [1.807, 2.05) is 0 Å². The van der Waals surface area contributed by atoms with Gasteiger partial charge in [-0.15, -0.1) is 0 Å². The van der Waals surface area contributed by atoms with Gasteiger partial charge in [-0.25, -0.2) is 0 Å². The highest BCUT2D eigenvalue weighted by Crippen LogP contribution is 2.21. The highest BCUT2D eigenvalue weighted by atomic mass is 16.6. The Labute approximate surface area is 120 Å². The summed E-state index contributed by atoms with van der Waals surface area (Å²) in [5, 5.41) is 30.5. The number of unbranched alkanes of at least 4 members (excludes halogenated alkanes) is 1. The number of nitriles is 1. The van der Waals surface area contributed by atoms with Crippen LogP contribution in [0.5, 0.6) is 0 Å². The molecule has 21 heavy (non-hydrogen) atoms. The Kier molecular flexibility index (Phi) is 5.82. The van der Waals surface area contributed by atoms with Crippen molar-refractivity contribution in [2.75, 3.05) is 5.32 Å². The van der Waals surface area contributed by atoms with Gasteiger partial charge in [-0.3, -0.25) is 19.7 Å². The molecule has 0 saturated carbocycles. The summed E-state index contributed by atoms with van der Waals surface area (Å²) in [5.74, 6) is -1.29. The summed E-state index contributed by atoms with van der Waals surface area (Å²) in [6.45, 7) is 0. The zero-order valence-corrected chi connectivity index (χ0v) is 11.0. The monoisotopic (exact) mass is 291 g/mol.